The van der Waals surface area contributed by atoms with Crippen LogP contribution in [0.2, 0.25) is 10.0 Å². The van der Waals surface area contributed by atoms with Gasteiger partial charge in [0.05, 0.1) is 17.3 Å². The van der Waals surface area contributed by atoms with Gasteiger partial charge < -0.3 is 14.8 Å². The van der Waals surface area contributed by atoms with Crippen molar-refractivity contribution < 1.29 is 9.47 Å². The van der Waals surface area contributed by atoms with E-state index in [2.05, 4.69) is 5.32 Å². The number of nitrogens with one attached hydrogen (secondary N) is 1. The Bertz CT molecular complexity index is 590. The zero-order valence-electron chi connectivity index (χ0n) is 11.7. The fraction of sp³-hybridized carbons (Fsp3) is 0.250. The van der Waals surface area contributed by atoms with Gasteiger partial charge in [0.1, 0.15) is 6.61 Å². The van der Waals surface area contributed by atoms with Crippen molar-refractivity contribution in [1.82, 2.24) is 0 Å². The van der Waals surface area contributed by atoms with E-state index in [-0.39, 0.29) is 0 Å². The van der Waals surface area contributed by atoms with Crippen LogP contribution in [0.5, 0.6) is 11.5 Å². The van der Waals surface area contributed by atoms with Gasteiger partial charge in [-0.1, -0.05) is 35.3 Å². The summed E-state index contributed by atoms with van der Waals surface area (Å²) in [4.78, 5) is 0. The lowest BCUT2D eigenvalue weighted by Gasteiger charge is -2.13. The first-order valence-corrected chi connectivity index (χ1v) is 7.50. The Morgan fingerprint density at radius 3 is 2.43 bits per heavy atom. The molecule has 0 spiro atoms. The molecule has 0 saturated carbocycles. The monoisotopic (exact) mass is 325 g/mol. The summed E-state index contributed by atoms with van der Waals surface area (Å²) in [6.07, 6.45) is 0. The third-order valence-corrected chi connectivity index (χ3v) is 3.32. The molecule has 0 unspecified atom stereocenters. The molecule has 0 atom stereocenters. The third kappa shape index (κ3) is 4.73. The normalized spacial score (nSPS) is 10.2. The van der Waals surface area contributed by atoms with E-state index in [9.17, 15) is 0 Å². The predicted octanol–water partition coefficient (Wildman–Crippen LogP) is 4.88. The van der Waals surface area contributed by atoms with Gasteiger partial charge in [0.25, 0.3) is 0 Å². The fourth-order valence-electron chi connectivity index (χ4n) is 1.82. The van der Waals surface area contributed by atoms with Crippen LogP contribution in [0.1, 0.15) is 6.92 Å². The van der Waals surface area contributed by atoms with Crippen LogP contribution in [0.4, 0.5) is 5.69 Å². The maximum Gasteiger partial charge on any atom is 0.161 e. The molecule has 1 N–H and O–H groups in total. The Balaban J connectivity index is 1.86. The van der Waals surface area contributed by atoms with Crippen molar-refractivity contribution in [3.63, 3.8) is 0 Å². The highest BCUT2D eigenvalue weighted by Gasteiger charge is 2.04. The molecule has 0 aliphatic heterocycles. The highest BCUT2D eigenvalue weighted by molar-refractivity contribution is 6.35. The summed E-state index contributed by atoms with van der Waals surface area (Å²) < 4.78 is 11.2. The maximum atomic E-state index is 6.08. The van der Waals surface area contributed by atoms with Crippen molar-refractivity contribution in [2.45, 2.75) is 6.92 Å². The Hall–Kier alpha value is -1.58. The highest BCUT2D eigenvalue weighted by atomic mass is 35.5. The SMILES string of the molecule is CCOc1ccccc1OCCNc1cc(Cl)ccc1Cl. The molecule has 0 heterocycles. The van der Waals surface area contributed by atoms with Crippen molar-refractivity contribution in [2.75, 3.05) is 25.1 Å². The van der Waals surface area contributed by atoms with Gasteiger partial charge >= 0.3 is 0 Å². The van der Waals surface area contributed by atoms with Gasteiger partial charge in [0.2, 0.25) is 0 Å². The zero-order valence-corrected chi connectivity index (χ0v) is 13.2. The molecule has 5 heteroatoms. The van der Waals surface area contributed by atoms with E-state index in [1.165, 1.54) is 0 Å². The van der Waals surface area contributed by atoms with E-state index in [1.807, 2.05) is 31.2 Å². The minimum Gasteiger partial charge on any atom is -0.490 e. The lowest BCUT2D eigenvalue weighted by atomic mass is 10.3. The molecule has 0 aliphatic rings. The molecule has 0 fully saturated rings. The second kappa shape index (κ2) is 8.01. The number of anilines is 1. The number of halogens is 2. The molecular formula is C16H17Cl2NO2. The number of hydrogen-bond donors (Lipinski definition) is 1. The van der Waals surface area contributed by atoms with Gasteiger partial charge in [0.15, 0.2) is 11.5 Å². The van der Waals surface area contributed by atoms with Crippen LogP contribution in [0.25, 0.3) is 0 Å². The van der Waals surface area contributed by atoms with Crippen molar-refractivity contribution in [3.8, 4) is 11.5 Å². The van der Waals surface area contributed by atoms with Gasteiger partial charge in [-0.05, 0) is 37.3 Å². The first-order chi connectivity index (χ1) is 10.2. The molecule has 0 aromatic heterocycles. The highest BCUT2D eigenvalue weighted by Crippen LogP contribution is 2.27. The van der Waals surface area contributed by atoms with Crippen molar-refractivity contribution in [3.05, 3.63) is 52.5 Å². The summed E-state index contributed by atoms with van der Waals surface area (Å²) in [5.41, 5.74) is 0.797. The molecule has 21 heavy (non-hydrogen) atoms. The number of hydrogen-bond acceptors (Lipinski definition) is 3. The lowest BCUT2D eigenvalue weighted by Crippen LogP contribution is -2.12. The summed E-state index contributed by atoms with van der Waals surface area (Å²) in [5.74, 6) is 1.49. The van der Waals surface area contributed by atoms with E-state index < -0.39 is 0 Å². The molecule has 0 aliphatic carbocycles. The molecule has 2 aromatic carbocycles. The Labute approximate surface area is 134 Å². The predicted molar refractivity (Wildman–Crippen MR) is 88.1 cm³/mol. The first kappa shape index (κ1) is 15.8. The summed E-state index contributed by atoms with van der Waals surface area (Å²) in [5, 5.41) is 4.47. The van der Waals surface area contributed by atoms with Crippen LogP contribution in [0.3, 0.4) is 0 Å². The van der Waals surface area contributed by atoms with E-state index in [4.69, 9.17) is 32.7 Å². The largest absolute Gasteiger partial charge is 0.490 e. The van der Waals surface area contributed by atoms with Gasteiger partial charge in [-0.15, -0.1) is 0 Å². The van der Waals surface area contributed by atoms with Crippen LogP contribution in [0.15, 0.2) is 42.5 Å². The molecule has 0 amide bonds. The summed E-state index contributed by atoms with van der Waals surface area (Å²) in [6.45, 7) is 3.66. The van der Waals surface area contributed by atoms with Crippen LogP contribution in [-0.2, 0) is 0 Å². The van der Waals surface area contributed by atoms with Crippen LogP contribution >= 0.6 is 23.2 Å². The van der Waals surface area contributed by atoms with Crippen LogP contribution in [-0.4, -0.2) is 19.8 Å². The number of ether oxygens (including phenoxy) is 2. The lowest BCUT2D eigenvalue weighted by molar-refractivity contribution is 0.284. The summed E-state index contributed by atoms with van der Waals surface area (Å²) >= 11 is 12.0. The van der Waals surface area contributed by atoms with E-state index >= 15 is 0 Å². The molecule has 0 saturated heterocycles. The van der Waals surface area contributed by atoms with E-state index in [0.29, 0.717) is 29.8 Å². The zero-order chi connectivity index (χ0) is 15.1. The average molecular weight is 326 g/mol. The van der Waals surface area contributed by atoms with Crippen molar-refractivity contribution in [2.24, 2.45) is 0 Å². The van der Waals surface area contributed by atoms with Crippen LogP contribution in [0, 0.1) is 0 Å². The number of rotatable bonds is 7. The van der Waals surface area contributed by atoms with Crippen molar-refractivity contribution >= 4 is 28.9 Å². The minimum atomic E-state index is 0.493. The maximum absolute atomic E-state index is 6.08. The second-order valence-corrected chi connectivity index (χ2v) is 5.12. The Morgan fingerprint density at radius 1 is 1.00 bits per heavy atom. The molecule has 112 valence electrons. The number of benzene rings is 2. The van der Waals surface area contributed by atoms with E-state index in [0.717, 1.165) is 17.2 Å². The molecule has 0 bridgehead atoms. The smallest absolute Gasteiger partial charge is 0.161 e. The topological polar surface area (TPSA) is 30.5 Å². The van der Waals surface area contributed by atoms with Gasteiger partial charge in [-0.3, -0.25) is 0 Å². The fourth-order valence-corrected chi connectivity index (χ4v) is 2.18. The molecule has 0 radical (unpaired) electrons. The Morgan fingerprint density at radius 2 is 1.71 bits per heavy atom. The molecule has 2 aromatic rings. The van der Waals surface area contributed by atoms with Gasteiger partial charge in [-0.25, -0.2) is 0 Å². The quantitative estimate of drug-likeness (QED) is 0.735. The summed E-state index contributed by atoms with van der Waals surface area (Å²) in [6, 6.07) is 12.9. The molecule has 3 nitrogen and oxygen atoms in total. The average Bonchev–Trinajstić information content (AvgIpc) is 2.49. The minimum absolute atomic E-state index is 0.493. The van der Waals surface area contributed by atoms with Gasteiger partial charge in [-0.2, -0.15) is 0 Å². The van der Waals surface area contributed by atoms with E-state index in [1.54, 1.807) is 18.2 Å². The Kier molecular flexibility index (Phi) is 6.03. The third-order valence-electron chi connectivity index (χ3n) is 2.75. The summed E-state index contributed by atoms with van der Waals surface area (Å²) in [7, 11) is 0. The molecular weight excluding hydrogens is 309 g/mol. The number of para-hydroxylation sites is 2. The standard InChI is InChI=1S/C16H17Cl2NO2/c1-2-20-15-5-3-4-6-16(15)21-10-9-19-14-11-12(17)7-8-13(14)18/h3-8,11,19H,2,9-10H2,1H3. The first-order valence-electron chi connectivity index (χ1n) is 6.74. The second-order valence-electron chi connectivity index (χ2n) is 4.28. The van der Waals surface area contributed by atoms with Crippen molar-refractivity contribution in [1.29, 1.82) is 0 Å². The van der Waals surface area contributed by atoms with Crippen LogP contribution < -0.4 is 14.8 Å². The van der Waals surface area contributed by atoms with Gasteiger partial charge in [0, 0.05) is 11.6 Å². The molecule has 2 rings (SSSR count).